The van der Waals surface area contributed by atoms with Gasteiger partial charge in [0.05, 0.1) is 5.56 Å². The Morgan fingerprint density at radius 3 is 2.70 bits per heavy atom. The quantitative estimate of drug-likeness (QED) is 0.801. The largest absolute Gasteiger partial charge is 0.484 e. The number of rotatable bonds is 4. The first-order valence-electron chi connectivity index (χ1n) is 6.69. The summed E-state index contributed by atoms with van der Waals surface area (Å²) in [6.07, 6.45) is 0. The van der Waals surface area contributed by atoms with Crippen LogP contribution in [0.3, 0.4) is 0 Å². The van der Waals surface area contributed by atoms with Crippen LogP contribution in [-0.2, 0) is 4.79 Å². The van der Waals surface area contributed by atoms with Crippen LogP contribution in [0, 0.1) is 12.7 Å². The maximum Gasteiger partial charge on any atom is 0.276 e. The third kappa shape index (κ3) is 5.07. The van der Waals surface area contributed by atoms with Gasteiger partial charge in [0, 0.05) is 4.47 Å². The Kier molecular flexibility index (Phi) is 5.70. The fraction of sp³-hybridized carbons (Fsp3) is 0.125. The Labute approximate surface area is 140 Å². The van der Waals surface area contributed by atoms with E-state index in [1.165, 1.54) is 12.1 Å². The Hall–Kier alpha value is -2.41. The molecular weight excluding hydrogens is 367 g/mol. The van der Waals surface area contributed by atoms with Gasteiger partial charge in [0.2, 0.25) is 0 Å². The van der Waals surface area contributed by atoms with Gasteiger partial charge in [-0.3, -0.25) is 20.4 Å². The van der Waals surface area contributed by atoms with Gasteiger partial charge in [-0.05, 0) is 58.7 Å². The van der Waals surface area contributed by atoms with Crippen molar-refractivity contribution in [2.75, 3.05) is 6.61 Å². The first-order chi connectivity index (χ1) is 11.0. The summed E-state index contributed by atoms with van der Waals surface area (Å²) in [6, 6.07) is 10.9. The predicted octanol–water partition coefficient (Wildman–Crippen LogP) is 2.74. The lowest BCUT2D eigenvalue weighted by Gasteiger charge is -2.10. The molecule has 120 valence electrons. The van der Waals surface area contributed by atoms with E-state index in [0.717, 1.165) is 11.6 Å². The van der Waals surface area contributed by atoms with Crippen molar-refractivity contribution in [3.8, 4) is 5.75 Å². The summed E-state index contributed by atoms with van der Waals surface area (Å²) in [5, 5.41) is 0. The summed E-state index contributed by atoms with van der Waals surface area (Å²) in [4.78, 5) is 23.5. The molecule has 0 saturated carbocycles. The summed E-state index contributed by atoms with van der Waals surface area (Å²) in [5.74, 6) is -1.17. The number of halogens is 2. The van der Waals surface area contributed by atoms with Gasteiger partial charge in [-0.25, -0.2) is 4.39 Å². The second kappa shape index (κ2) is 7.73. The topological polar surface area (TPSA) is 67.4 Å². The highest BCUT2D eigenvalue weighted by atomic mass is 79.9. The molecule has 0 heterocycles. The second-order valence-electron chi connectivity index (χ2n) is 4.73. The predicted molar refractivity (Wildman–Crippen MR) is 86.4 cm³/mol. The molecule has 0 aliphatic rings. The van der Waals surface area contributed by atoms with Gasteiger partial charge in [-0.1, -0.05) is 12.1 Å². The van der Waals surface area contributed by atoms with Gasteiger partial charge >= 0.3 is 0 Å². The maximum absolute atomic E-state index is 13.1. The Morgan fingerprint density at radius 1 is 1.17 bits per heavy atom. The maximum atomic E-state index is 13.1. The third-order valence-corrected chi connectivity index (χ3v) is 3.54. The molecule has 0 aliphatic carbocycles. The van der Waals surface area contributed by atoms with Crippen molar-refractivity contribution in [1.29, 1.82) is 0 Å². The number of benzene rings is 2. The molecule has 5 nitrogen and oxygen atoms in total. The molecule has 0 radical (unpaired) electrons. The molecule has 0 aliphatic heterocycles. The number of ether oxygens (including phenoxy) is 1. The fourth-order valence-corrected chi connectivity index (χ4v) is 2.18. The van der Waals surface area contributed by atoms with Crippen molar-refractivity contribution >= 4 is 27.7 Å². The highest BCUT2D eigenvalue weighted by Crippen LogP contribution is 2.17. The van der Waals surface area contributed by atoms with Crippen molar-refractivity contribution in [2.45, 2.75) is 6.92 Å². The molecule has 0 atom stereocenters. The van der Waals surface area contributed by atoms with E-state index in [0.29, 0.717) is 10.2 Å². The van der Waals surface area contributed by atoms with Gasteiger partial charge in [-0.15, -0.1) is 0 Å². The molecule has 7 heteroatoms. The lowest BCUT2D eigenvalue weighted by molar-refractivity contribution is -0.123. The summed E-state index contributed by atoms with van der Waals surface area (Å²) in [6.45, 7) is 1.65. The third-order valence-electron chi connectivity index (χ3n) is 2.85. The van der Waals surface area contributed by atoms with E-state index in [9.17, 15) is 14.0 Å². The minimum absolute atomic E-state index is 0.0740. The zero-order chi connectivity index (χ0) is 16.8. The van der Waals surface area contributed by atoms with E-state index >= 15 is 0 Å². The van der Waals surface area contributed by atoms with Crippen molar-refractivity contribution in [1.82, 2.24) is 10.9 Å². The number of hydrogen-bond acceptors (Lipinski definition) is 3. The van der Waals surface area contributed by atoms with Crippen molar-refractivity contribution in [2.24, 2.45) is 0 Å². The molecule has 2 aromatic carbocycles. The van der Waals surface area contributed by atoms with E-state index in [1.54, 1.807) is 12.1 Å². The van der Waals surface area contributed by atoms with Crippen molar-refractivity contribution in [3.05, 3.63) is 63.9 Å². The number of carbonyl (C=O) groups excluding carboxylic acids is 2. The summed E-state index contributed by atoms with van der Waals surface area (Å²) >= 11 is 3.14. The van der Waals surface area contributed by atoms with Crippen LogP contribution in [-0.4, -0.2) is 18.4 Å². The highest BCUT2D eigenvalue weighted by Gasteiger charge is 2.12. The average molecular weight is 381 g/mol. The van der Waals surface area contributed by atoms with Gasteiger partial charge in [0.25, 0.3) is 11.8 Å². The molecule has 0 bridgehead atoms. The van der Waals surface area contributed by atoms with Gasteiger partial charge < -0.3 is 4.74 Å². The number of carbonyl (C=O) groups is 2. The average Bonchev–Trinajstić information content (AvgIpc) is 2.53. The molecule has 23 heavy (non-hydrogen) atoms. The Bertz CT molecular complexity index is 737. The lowest BCUT2D eigenvalue weighted by Crippen LogP contribution is -2.44. The van der Waals surface area contributed by atoms with E-state index in [2.05, 4.69) is 26.8 Å². The number of aryl methyl sites for hydroxylation is 1. The van der Waals surface area contributed by atoms with Gasteiger partial charge in [0.15, 0.2) is 6.61 Å². The summed E-state index contributed by atoms with van der Waals surface area (Å²) < 4.78 is 18.9. The number of amides is 2. The SMILES string of the molecule is Cc1cccc(OCC(=O)NNC(=O)c2cc(F)ccc2Br)c1. The van der Waals surface area contributed by atoms with Crippen molar-refractivity contribution in [3.63, 3.8) is 0 Å². The van der Waals surface area contributed by atoms with E-state index in [1.807, 2.05) is 19.1 Å². The molecule has 0 fully saturated rings. The van der Waals surface area contributed by atoms with Crippen LogP contribution in [0.15, 0.2) is 46.9 Å². The van der Waals surface area contributed by atoms with Gasteiger partial charge in [0.1, 0.15) is 11.6 Å². The normalized spacial score (nSPS) is 10.0. The summed E-state index contributed by atoms with van der Waals surface area (Å²) in [7, 11) is 0. The molecule has 0 aromatic heterocycles. The van der Waals surface area contributed by atoms with Crippen LogP contribution < -0.4 is 15.6 Å². The van der Waals surface area contributed by atoms with Crippen LogP contribution in [0.5, 0.6) is 5.75 Å². The number of nitrogens with one attached hydrogen (secondary N) is 2. The zero-order valence-electron chi connectivity index (χ0n) is 12.2. The summed E-state index contributed by atoms with van der Waals surface area (Å²) in [5.41, 5.74) is 5.49. The Morgan fingerprint density at radius 2 is 1.96 bits per heavy atom. The highest BCUT2D eigenvalue weighted by molar-refractivity contribution is 9.10. The Balaban J connectivity index is 1.84. The first-order valence-corrected chi connectivity index (χ1v) is 7.48. The molecule has 0 saturated heterocycles. The van der Waals surface area contributed by atoms with E-state index < -0.39 is 17.6 Å². The monoisotopic (exact) mass is 380 g/mol. The molecule has 2 N–H and O–H groups in total. The fourth-order valence-electron chi connectivity index (χ4n) is 1.76. The molecule has 2 rings (SSSR count). The molecule has 0 unspecified atom stereocenters. The minimum atomic E-state index is -0.639. The van der Waals surface area contributed by atoms with Crippen LogP contribution in [0.1, 0.15) is 15.9 Å². The van der Waals surface area contributed by atoms with Crippen LogP contribution in [0.25, 0.3) is 0 Å². The zero-order valence-corrected chi connectivity index (χ0v) is 13.8. The van der Waals surface area contributed by atoms with E-state index in [-0.39, 0.29) is 12.2 Å². The second-order valence-corrected chi connectivity index (χ2v) is 5.59. The van der Waals surface area contributed by atoms with E-state index in [4.69, 9.17) is 4.74 Å². The standard InChI is InChI=1S/C16H14BrFN2O3/c1-10-3-2-4-12(7-10)23-9-15(21)19-20-16(22)13-8-11(18)5-6-14(13)17/h2-8H,9H2,1H3,(H,19,21)(H,20,22). The van der Waals surface area contributed by atoms with Crippen molar-refractivity contribution < 1.29 is 18.7 Å². The number of hydrogen-bond donors (Lipinski definition) is 2. The van der Waals surface area contributed by atoms with Crippen LogP contribution in [0.4, 0.5) is 4.39 Å². The molecule has 2 amide bonds. The lowest BCUT2D eigenvalue weighted by atomic mass is 10.2. The minimum Gasteiger partial charge on any atom is -0.484 e. The first kappa shape index (κ1) is 17.0. The molecular formula is C16H14BrFN2O3. The molecule has 0 spiro atoms. The number of hydrazine groups is 1. The molecule has 2 aromatic rings. The van der Waals surface area contributed by atoms with Crippen LogP contribution in [0.2, 0.25) is 0 Å². The smallest absolute Gasteiger partial charge is 0.276 e. The van der Waals surface area contributed by atoms with Gasteiger partial charge in [-0.2, -0.15) is 0 Å². The van der Waals surface area contributed by atoms with Crippen LogP contribution >= 0.6 is 15.9 Å².